The summed E-state index contributed by atoms with van der Waals surface area (Å²) in [6.45, 7) is 15.7. The molecule has 2 unspecified atom stereocenters. The fourth-order valence-corrected chi connectivity index (χ4v) is 8.42. The van der Waals surface area contributed by atoms with Crippen LogP contribution in [-0.2, 0) is 14.3 Å². The molecule has 1 N–H and O–H groups in total. The molecular formula is C27H43NO3. The molecule has 4 rings (SSSR count). The molecule has 3 fully saturated rings. The highest BCUT2D eigenvalue weighted by molar-refractivity contribution is 5.83. The van der Waals surface area contributed by atoms with Gasteiger partial charge in [-0.2, -0.15) is 0 Å². The monoisotopic (exact) mass is 429 g/mol. The number of ether oxygens (including phenoxy) is 1. The Labute approximate surface area is 189 Å². The molecule has 0 aromatic heterocycles. The predicted molar refractivity (Wildman–Crippen MR) is 123 cm³/mol. The molecule has 31 heavy (non-hydrogen) atoms. The van der Waals surface area contributed by atoms with Crippen molar-refractivity contribution in [3.05, 3.63) is 12.2 Å². The quantitative estimate of drug-likeness (QED) is 0.589. The average molecular weight is 430 g/mol. The summed E-state index contributed by atoms with van der Waals surface area (Å²) in [4.78, 5) is 25.3. The molecule has 7 atom stereocenters. The minimum atomic E-state index is -0.191. The summed E-state index contributed by atoms with van der Waals surface area (Å²) in [6.07, 6.45) is 11.2. The largest absolute Gasteiger partial charge is 0.458 e. The van der Waals surface area contributed by atoms with Crippen molar-refractivity contribution in [1.29, 1.82) is 0 Å². The van der Waals surface area contributed by atoms with E-state index in [9.17, 15) is 9.59 Å². The second-order valence-electron chi connectivity index (χ2n) is 13.4. The molecule has 1 amide bonds. The van der Waals surface area contributed by atoms with Crippen molar-refractivity contribution >= 4 is 11.9 Å². The van der Waals surface area contributed by atoms with Crippen LogP contribution in [0.3, 0.4) is 0 Å². The van der Waals surface area contributed by atoms with Crippen LogP contribution in [-0.4, -0.2) is 23.5 Å². The lowest BCUT2D eigenvalue weighted by atomic mass is 9.48. The fourth-order valence-electron chi connectivity index (χ4n) is 8.42. The summed E-state index contributed by atoms with van der Waals surface area (Å²) in [5.41, 5.74) is 0.0276. The molecule has 3 saturated carbocycles. The van der Waals surface area contributed by atoms with Crippen LogP contribution in [0.2, 0.25) is 0 Å². The third kappa shape index (κ3) is 3.97. The summed E-state index contributed by atoms with van der Waals surface area (Å²) < 4.78 is 5.74. The Morgan fingerprint density at radius 3 is 2.45 bits per heavy atom. The van der Waals surface area contributed by atoms with Crippen LogP contribution in [0.25, 0.3) is 0 Å². The Morgan fingerprint density at radius 2 is 1.77 bits per heavy atom. The van der Waals surface area contributed by atoms with Crippen LogP contribution in [0.5, 0.6) is 0 Å². The molecule has 0 aromatic rings. The standard InChI is InChI=1S/C27H43NO3/c1-24(2,3)16-25(4,5)28-23(30)20-10-9-18-17-8-11-21-27(7,15-13-22(29)31-21)19(17)12-14-26(18,20)6/h13,15,17-21H,8-12,14,16H2,1-7H3,(H,28,30)/t17-,18-,19+,20?,21?,26-,27+/m0/s1. The predicted octanol–water partition coefficient (Wildman–Crippen LogP) is 5.66. The van der Waals surface area contributed by atoms with Crippen molar-refractivity contribution in [3.8, 4) is 0 Å². The third-order valence-electron chi connectivity index (χ3n) is 9.28. The van der Waals surface area contributed by atoms with Crippen LogP contribution in [0, 0.1) is 39.9 Å². The van der Waals surface area contributed by atoms with Gasteiger partial charge in [0, 0.05) is 22.9 Å². The van der Waals surface area contributed by atoms with Gasteiger partial charge in [-0.25, -0.2) is 4.79 Å². The van der Waals surface area contributed by atoms with E-state index in [1.807, 2.05) is 0 Å². The number of amides is 1. The molecule has 174 valence electrons. The van der Waals surface area contributed by atoms with E-state index in [0.717, 1.165) is 44.9 Å². The van der Waals surface area contributed by atoms with Gasteiger partial charge in [0.25, 0.3) is 0 Å². The fraction of sp³-hybridized carbons (Fsp3) is 0.852. The van der Waals surface area contributed by atoms with Crippen molar-refractivity contribution in [2.75, 3.05) is 0 Å². The first kappa shape index (κ1) is 22.9. The highest BCUT2D eigenvalue weighted by atomic mass is 16.5. The minimum absolute atomic E-state index is 0.0225. The number of rotatable bonds is 3. The summed E-state index contributed by atoms with van der Waals surface area (Å²) in [7, 11) is 0. The van der Waals surface area contributed by atoms with E-state index in [-0.39, 0.29) is 45.7 Å². The minimum Gasteiger partial charge on any atom is -0.458 e. The van der Waals surface area contributed by atoms with Gasteiger partial charge in [0.05, 0.1) is 0 Å². The number of hydrogen-bond donors (Lipinski definition) is 1. The van der Waals surface area contributed by atoms with Gasteiger partial charge in [0.15, 0.2) is 0 Å². The Kier molecular flexibility index (Phi) is 5.42. The van der Waals surface area contributed by atoms with Gasteiger partial charge < -0.3 is 10.1 Å². The Bertz CT molecular complexity index is 778. The van der Waals surface area contributed by atoms with E-state index >= 15 is 0 Å². The average Bonchev–Trinajstić information content (AvgIpc) is 2.97. The van der Waals surface area contributed by atoms with Gasteiger partial charge in [-0.1, -0.05) is 40.7 Å². The van der Waals surface area contributed by atoms with Crippen LogP contribution in [0.4, 0.5) is 0 Å². The van der Waals surface area contributed by atoms with Gasteiger partial charge in [-0.05, 0) is 87.4 Å². The third-order valence-corrected chi connectivity index (χ3v) is 9.28. The normalized spacial score (nSPS) is 42.3. The molecule has 0 bridgehead atoms. The van der Waals surface area contributed by atoms with E-state index in [2.05, 4.69) is 59.9 Å². The zero-order valence-electron chi connectivity index (χ0n) is 20.7. The van der Waals surface area contributed by atoms with E-state index in [1.165, 1.54) is 0 Å². The molecule has 0 spiro atoms. The Hall–Kier alpha value is -1.32. The smallest absolute Gasteiger partial charge is 0.330 e. The molecule has 0 saturated heterocycles. The second kappa shape index (κ2) is 7.35. The van der Waals surface area contributed by atoms with E-state index in [1.54, 1.807) is 6.08 Å². The van der Waals surface area contributed by atoms with Crippen molar-refractivity contribution in [2.45, 2.75) is 105 Å². The summed E-state index contributed by atoms with van der Waals surface area (Å²) in [6, 6.07) is 0. The number of carbonyl (C=O) groups excluding carboxylic acids is 2. The molecule has 4 heteroatoms. The molecule has 0 aromatic carbocycles. The molecule has 0 radical (unpaired) electrons. The number of carbonyl (C=O) groups is 2. The van der Waals surface area contributed by atoms with E-state index < -0.39 is 0 Å². The first-order valence-electron chi connectivity index (χ1n) is 12.5. The van der Waals surface area contributed by atoms with Gasteiger partial charge in [0.2, 0.25) is 5.91 Å². The topological polar surface area (TPSA) is 55.4 Å². The molecule has 3 aliphatic carbocycles. The number of fused-ring (bicyclic) bond motifs is 5. The van der Waals surface area contributed by atoms with E-state index in [4.69, 9.17) is 4.74 Å². The van der Waals surface area contributed by atoms with Gasteiger partial charge in [-0.15, -0.1) is 0 Å². The van der Waals surface area contributed by atoms with Crippen molar-refractivity contribution in [3.63, 3.8) is 0 Å². The van der Waals surface area contributed by atoms with Gasteiger partial charge in [0.1, 0.15) is 6.10 Å². The first-order valence-corrected chi connectivity index (χ1v) is 12.5. The lowest BCUT2D eigenvalue weighted by Gasteiger charge is -2.58. The number of hydrogen-bond acceptors (Lipinski definition) is 3. The highest BCUT2D eigenvalue weighted by Gasteiger charge is 2.61. The lowest BCUT2D eigenvalue weighted by molar-refractivity contribution is -0.168. The van der Waals surface area contributed by atoms with Crippen molar-refractivity contribution in [1.82, 2.24) is 5.32 Å². The Morgan fingerprint density at radius 1 is 1.06 bits per heavy atom. The summed E-state index contributed by atoms with van der Waals surface area (Å²) in [5, 5.41) is 3.44. The van der Waals surface area contributed by atoms with Gasteiger partial charge >= 0.3 is 5.97 Å². The van der Waals surface area contributed by atoms with Gasteiger partial charge in [-0.3, -0.25) is 4.79 Å². The van der Waals surface area contributed by atoms with E-state index in [0.29, 0.717) is 17.8 Å². The number of esters is 1. The summed E-state index contributed by atoms with van der Waals surface area (Å²) >= 11 is 0. The molecule has 1 aliphatic heterocycles. The first-order chi connectivity index (χ1) is 14.3. The van der Waals surface area contributed by atoms with Crippen molar-refractivity contribution < 1.29 is 14.3 Å². The zero-order chi connectivity index (χ0) is 22.8. The number of nitrogens with one attached hydrogen (secondary N) is 1. The molecule has 4 aliphatic rings. The zero-order valence-corrected chi connectivity index (χ0v) is 20.7. The van der Waals surface area contributed by atoms with Crippen molar-refractivity contribution in [2.24, 2.45) is 39.9 Å². The Balaban J connectivity index is 1.51. The molecule has 1 heterocycles. The molecule has 4 nitrogen and oxygen atoms in total. The maximum atomic E-state index is 13.5. The molecular weight excluding hydrogens is 386 g/mol. The summed E-state index contributed by atoms with van der Waals surface area (Å²) in [5.74, 6) is 1.97. The highest BCUT2D eigenvalue weighted by Crippen LogP contribution is 2.65. The maximum absolute atomic E-state index is 13.5. The lowest BCUT2D eigenvalue weighted by Crippen LogP contribution is -2.56. The SMILES string of the molecule is CC(C)(C)CC(C)(C)NC(=O)C1CC[C@H]2[C@@H]3CCC4OC(=O)C=C[C@]4(C)[C@@H]3CC[C@]12C. The maximum Gasteiger partial charge on any atom is 0.330 e. The van der Waals surface area contributed by atoms with Crippen LogP contribution in [0.15, 0.2) is 12.2 Å². The second-order valence-corrected chi connectivity index (χ2v) is 13.4. The van der Waals surface area contributed by atoms with Crippen LogP contribution >= 0.6 is 0 Å². The van der Waals surface area contributed by atoms with Crippen LogP contribution < -0.4 is 5.32 Å². The van der Waals surface area contributed by atoms with Crippen LogP contribution in [0.1, 0.15) is 93.4 Å².